The van der Waals surface area contributed by atoms with Crippen molar-refractivity contribution in [3.05, 3.63) is 102 Å². The Morgan fingerprint density at radius 1 is 0.767 bits per heavy atom. The fourth-order valence-electron chi connectivity index (χ4n) is 10.8. The number of urea groups is 2. The smallest absolute Gasteiger partial charge is 0.870 e. The van der Waals surface area contributed by atoms with E-state index in [1.807, 2.05) is 24.2 Å². The second kappa shape index (κ2) is 22.0. The molecule has 2 aliphatic heterocycles. The molecule has 27 heteroatoms. The first kappa shape index (κ1) is 53.0. The molecule has 2 unspecified atom stereocenters. The minimum Gasteiger partial charge on any atom is -0.870 e. The van der Waals surface area contributed by atoms with Crippen molar-refractivity contribution >= 4 is 100 Å². The first-order valence-corrected chi connectivity index (χ1v) is 25.8. The molecular formula is C46H91N16NaO7S3. The van der Waals surface area contributed by atoms with Crippen molar-refractivity contribution in [3.63, 3.8) is 0 Å². The number of pyridine rings is 2. The molecule has 2 saturated heterocycles. The van der Waals surface area contributed by atoms with Crippen molar-refractivity contribution in [2.24, 2.45) is 23.7 Å². The number of aromatic amines is 1. The number of fused-ring (bicyclic) bond motifs is 4. The van der Waals surface area contributed by atoms with E-state index in [1.165, 1.54) is 16.4 Å². The topological polar surface area (TPSA) is 283 Å². The van der Waals surface area contributed by atoms with Crippen LogP contribution in [0.3, 0.4) is 0 Å². The summed E-state index contributed by atoms with van der Waals surface area (Å²) in [5.74, 6) is 2.06. The third-order valence-electron chi connectivity index (χ3n) is 14.2. The molecule has 2 aliphatic carbocycles. The van der Waals surface area contributed by atoms with Crippen LogP contribution in [0.5, 0.6) is 0 Å². The van der Waals surface area contributed by atoms with E-state index in [0.29, 0.717) is 94.4 Å². The molecule has 4 fully saturated rings. The van der Waals surface area contributed by atoms with Crippen LogP contribution in [0.1, 0.15) is 67.3 Å². The summed E-state index contributed by atoms with van der Waals surface area (Å²) < 4.78 is 35.8. The van der Waals surface area contributed by atoms with Gasteiger partial charge < -0.3 is 40.3 Å². The Morgan fingerprint density at radius 3 is 1.71 bits per heavy atom. The second-order valence-electron chi connectivity index (χ2n) is 18.1. The number of benzene rings is 1. The fraction of sp³-hybridized carbons (Fsp3) is 0.391. The molecule has 1 aromatic carbocycles. The number of likely N-dealkylation sites (tertiary alicyclic amines) is 2. The van der Waals surface area contributed by atoms with Gasteiger partial charge in [0.15, 0.2) is 17.3 Å². The van der Waals surface area contributed by atoms with Crippen molar-refractivity contribution in [1.29, 1.82) is 0 Å². The maximum absolute atomic E-state index is 13.3. The maximum atomic E-state index is 13.3. The van der Waals surface area contributed by atoms with Crippen molar-refractivity contribution in [2.45, 2.75) is 55.9 Å². The predicted octanol–water partition coefficient (Wildman–Crippen LogP) is 8.38. The second-order valence-corrected chi connectivity index (χ2v) is 21.5. The van der Waals surface area contributed by atoms with Gasteiger partial charge in [0, 0.05) is 141 Å². The average molecular weight is 1100 g/mol. The SMILES string of the molecule is [C-]#[N+]c1cnc2[nH]ccc2c1N(C)C1C[C@@H]2CN(C(=O)Nc3nc(CO)ns3)C[C@@H]2C1.[C-]#[N+]c1cnc2c(ccn2S(=O)(=O)c2ccccc2)c1N(C)C1C[C@@H]2CN(C(=O)Nc3nc(CO)ns3)C[C@@H]2C1.[HH].[HH].[HH].[HH].[HH].[HH].[HH].[HH].[HH].[HH].[HH].[HH].[HH].[HH].[HH].[HH].[HH].[HH].[HH].[HH].[HH].[Na+].[OH-]. The minimum absolute atomic E-state index is 0. The van der Waals surface area contributed by atoms with Crippen molar-refractivity contribution in [3.8, 4) is 0 Å². The number of aliphatic hydroxyl groups is 2. The first-order valence-electron chi connectivity index (χ1n) is 22.8. The maximum Gasteiger partial charge on any atom is 1.00 e. The number of carbonyl (C=O) groups excluding carboxylic acids is 2. The Labute approximate surface area is 481 Å². The fourth-order valence-corrected chi connectivity index (χ4v) is 13.2. The molecule has 8 heterocycles. The number of hydrogen-bond acceptors (Lipinski definition) is 17. The Morgan fingerprint density at radius 2 is 1.25 bits per heavy atom. The summed E-state index contributed by atoms with van der Waals surface area (Å²) in [7, 11) is 0.140. The molecule has 7 aromatic rings. The quantitative estimate of drug-likeness (QED) is 0.0635. The standard InChI is InChI=1S/C26H26N8O4S2.C20H22N8O2S.Na.H2O.21H2/c1-27-21-12-28-24-20(8-9-34(24)40(37,38)19-6-4-3-5-7-19)23(21)32(2)18-10-16-13-33(14-17(16)11-18)26(36)30-25-29-22(15-35)31-39-25;1-21-15-7-23-18-14(3-4-22-18)17(15)27(2)13-5-11-8-28(9-12(11)6-13)20(30)25-19-24-16(10-29)26-31-19;;;;;;;;;;;;;;;;;;;;;;;/h3-9,12,16-18,35H,10-11,13-15H2,2H3,(H,29,30,31,36);3-4,7,11-13,29H,5-6,8-10H2,2H3,(H,22,23)(H,24,25,26,30);;1H2;21*1H/q;;+1;;;;;;;;;;;;;;;;;;;;;;/p-1/t16-,17+,18?;11-,12+,13?;;;;;;;;;;;;;;;;;;;;;;;. The van der Waals surface area contributed by atoms with Gasteiger partial charge >= 0.3 is 41.6 Å². The van der Waals surface area contributed by atoms with Gasteiger partial charge in [0.25, 0.3) is 10.0 Å². The molecule has 416 valence electrons. The summed E-state index contributed by atoms with van der Waals surface area (Å²) in [6.07, 6.45) is 10.0. The van der Waals surface area contributed by atoms with E-state index in [0.717, 1.165) is 65.5 Å². The van der Waals surface area contributed by atoms with Crippen LogP contribution in [0.4, 0.5) is 42.6 Å². The predicted molar refractivity (Wildman–Crippen MR) is 313 cm³/mol. The van der Waals surface area contributed by atoms with Crippen molar-refractivity contribution < 1.29 is 93.2 Å². The van der Waals surface area contributed by atoms with E-state index < -0.39 is 10.0 Å². The van der Waals surface area contributed by atoms with Gasteiger partial charge in [-0.15, -0.1) is 0 Å². The number of hydrogen-bond donors (Lipinski definition) is 5. The van der Waals surface area contributed by atoms with Gasteiger partial charge in [-0.3, -0.25) is 15.6 Å². The van der Waals surface area contributed by atoms with Gasteiger partial charge in [0.1, 0.15) is 18.9 Å². The molecular weight excluding hydrogens is 1010 g/mol. The summed E-state index contributed by atoms with van der Waals surface area (Å²) in [6.45, 7) is 17.4. The number of nitrogens with zero attached hydrogens (tertiary/aromatic N) is 13. The molecule has 4 aliphatic rings. The van der Waals surface area contributed by atoms with Crippen LogP contribution in [0, 0.1) is 36.8 Å². The molecule has 6 N–H and O–H groups in total. The third-order valence-corrected chi connectivity index (χ3v) is 17.2. The van der Waals surface area contributed by atoms with Crippen molar-refractivity contribution in [1.82, 2.24) is 47.4 Å². The van der Waals surface area contributed by atoms with Crippen molar-refractivity contribution in [2.75, 3.05) is 60.7 Å². The number of rotatable bonds is 10. The number of carbonyl (C=O) groups is 2. The van der Waals surface area contributed by atoms with Gasteiger partial charge in [-0.25, -0.2) is 46.6 Å². The molecule has 6 aromatic heterocycles. The van der Waals surface area contributed by atoms with Crippen LogP contribution in [-0.2, 0) is 23.2 Å². The van der Waals surface area contributed by atoms with Crippen LogP contribution >= 0.6 is 23.1 Å². The number of aliphatic hydroxyl groups excluding tert-OH is 2. The molecule has 11 rings (SSSR count). The summed E-state index contributed by atoms with van der Waals surface area (Å²) in [4.78, 5) is 60.9. The zero-order valence-electron chi connectivity index (χ0n) is 39.9. The van der Waals surface area contributed by atoms with Gasteiger partial charge in [-0.2, -0.15) is 8.75 Å². The third kappa shape index (κ3) is 10.3. The Hall–Kier alpha value is -6.33. The summed E-state index contributed by atoms with van der Waals surface area (Å²) >= 11 is 2.11. The van der Waals surface area contributed by atoms with E-state index in [2.05, 4.69) is 70.8 Å². The number of amides is 4. The minimum atomic E-state index is -3.86. The summed E-state index contributed by atoms with van der Waals surface area (Å²) in [6, 6.07) is 11.9. The summed E-state index contributed by atoms with van der Waals surface area (Å²) in [5.41, 5.74) is 3.58. The number of H-pyrrole nitrogens is 1. The van der Waals surface area contributed by atoms with Gasteiger partial charge in [-0.05, 0) is 73.6 Å². The molecule has 23 nitrogen and oxygen atoms in total. The van der Waals surface area contributed by atoms with E-state index >= 15 is 0 Å². The normalized spacial score (nSPS) is 20.7. The molecule has 4 amide bonds. The van der Waals surface area contributed by atoms with Crippen LogP contribution in [0.25, 0.3) is 31.8 Å². The van der Waals surface area contributed by atoms with E-state index in [4.69, 9.17) is 23.4 Å². The molecule has 6 atom stereocenters. The average Bonchev–Trinajstić information content (AvgIpc) is 4.24. The zero-order valence-corrected chi connectivity index (χ0v) is 44.3. The van der Waals surface area contributed by atoms with Gasteiger partial charge in [-0.1, -0.05) is 18.2 Å². The molecule has 0 spiro atoms. The van der Waals surface area contributed by atoms with E-state index in [-0.39, 0.29) is 113 Å². The number of anilines is 4. The number of nitrogens with one attached hydrogen (secondary N) is 3. The first-order chi connectivity index (χ1) is 34.4. The van der Waals surface area contributed by atoms with Crippen LogP contribution in [0.15, 0.2) is 72.1 Å². The van der Waals surface area contributed by atoms with Crippen LogP contribution < -0.4 is 50.0 Å². The molecule has 0 radical (unpaired) electrons. The van der Waals surface area contributed by atoms with Gasteiger partial charge in [0.2, 0.25) is 21.6 Å². The molecule has 73 heavy (non-hydrogen) atoms. The van der Waals surface area contributed by atoms with Crippen LogP contribution in [-0.4, -0.2) is 136 Å². The monoisotopic (exact) mass is 1100 g/mol. The molecule has 0 bridgehead atoms. The summed E-state index contributed by atoms with van der Waals surface area (Å²) in [5, 5.41) is 26.1. The zero-order chi connectivity index (χ0) is 49.6. The number of aromatic nitrogens is 8. The van der Waals surface area contributed by atoms with Crippen LogP contribution in [0.2, 0.25) is 0 Å². The van der Waals surface area contributed by atoms with Gasteiger partial charge in [0.05, 0.1) is 29.4 Å². The Balaban J connectivity index is -0.0000000926. The Kier molecular flexibility index (Phi) is 16.0. The largest absolute Gasteiger partial charge is 1.00 e. The van der Waals surface area contributed by atoms with E-state index in [1.54, 1.807) is 47.5 Å². The Bertz CT molecular complexity index is 3380. The van der Waals surface area contributed by atoms with E-state index in [9.17, 15) is 18.0 Å². The molecule has 2 saturated carbocycles.